The topological polar surface area (TPSA) is 31.4 Å². The normalized spacial score (nSPS) is 20.3. The molecule has 1 atom stereocenters. The van der Waals surface area contributed by atoms with Gasteiger partial charge in [0.15, 0.2) is 0 Å². The van der Waals surface area contributed by atoms with Gasteiger partial charge in [-0.25, -0.2) is 4.98 Å². The Labute approximate surface area is 129 Å². The van der Waals surface area contributed by atoms with Crippen LogP contribution in [0.25, 0.3) is 0 Å². The first-order chi connectivity index (χ1) is 10.0. The molecule has 1 saturated heterocycles. The van der Waals surface area contributed by atoms with Crippen molar-refractivity contribution in [2.45, 2.75) is 45.7 Å². The van der Waals surface area contributed by atoms with Crippen molar-refractivity contribution in [2.24, 2.45) is 0 Å². The van der Waals surface area contributed by atoms with Crippen molar-refractivity contribution < 1.29 is 0 Å². The minimum absolute atomic E-state index is 0.468. The van der Waals surface area contributed by atoms with E-state index in [1.165, 1.54) is 17.7 Å². The largest absolute Gasteiger partial charge is 0.354 e. The molecule has 0 radical (unpaired) electrons. The van der Waals surface area contributed by atoms with Gasteiger partial charge in [-0.15, -0.1) is 0 Å². The van der Waals surface area contributed by atoms with E-state index in [0.717, 1.165) is 32.0 Å². The summed E-state index contributed by atoms with van der Waals surface area (Å²) in [5.74, 6) is 1.62. The SMILES string of the molecule is CCC1CN(c2cc(CNC)cc(C(C)C)n2)CCN1C. The molecular formula is C17H30N4. The molecule has 0 bridgehead atoms. The highest BCUT2D eigenvalue weighted by Crippen LogP contribution is 2.23. The molecule has 2 heterocycles. The van der Waals surface area contributed by atoms with E-state index >= 15 is 0 Å². The van der Waals surface area contributed by atoms with E-state index in [1.807, 2.05) is 7.05 Å². The molecule has 0 saturated carbocycles. The van der Waals surface area contributed by atoms with Gasteiger partial charge >= 0.3 is 0 Å². The number of rotatable bonds is 5. The standard InChI is InChI=1S/C17H30N4/c1-6-15-12-21(8-7-20(15)5)17-10-14(11-18-4)9-16(19-17)13(2)3/h9-10,13,15,18H,6-8,11-12H2,1-5H3. The third-order valence-electron chi connectivity index (χ3n) is 4.44. The number of piperazine rings is 1. The van der Waals surface area contributed by atoms with Crippen LogP contribution < -0.4 is 10.2 Å². The van der Waals surface area contributed by atoms with Gasteiger partial charge < -0.3 is 10.2 Å². The van der Waals surface area contributed by atoms with Crippen molar-refractivity contribution >= 4 is 5.82 Å². The molecule has 0 aliphatic carbocycles. The molecule has 1 aliphatic rings. The Morgan fingerprint density at radius 3 is 2.71 bits per heavy atom. The number of hydrogen-bond donors (Lipinski definition) is 1. The van der Waals surface area contributed by atoms with Crippen LogP contribution in [0.15, 0.2) is 12.1 Å². The Bertz CT molecular complexity index is 458. The molecule has 0 spiro atoms. The maximum absolute atomic E-state index is 4.91. The van der Waals surface area contributed by atoms with Crippen LogP contribution in [0.3, 0.4) is 0 Å². The molecule has 21 heavy (non-hydrogen) atoms. The van der Waals surface area contributed by atoms with Gasteiger partial charge in [-0.2, -0.15) is 0 Å². The van der Waals surface area contributed by atoms with E-state index in [9.17, 15) is 0 Å². The molecule has 0 amide bonds. The van der Waals surface area contributed by atoms with E-state index in [4.69, 9.17) is 4.98 Å². The average Bonchev–Trinajstić information content (AvgIpc) is 2.47. The van der Waals surface area contributed by atoms with Crippen LogP contribution in [-0.4, -0.2) is 49.7 Å². The quantitative estimate of drug-likeness (QED) is 0.902. The predicted molar refractivity (Wildman–Crippen MR) is 90.0 cm³/mol. The Kier molecular flexibility index (Phi) is 5.59. The molecule has 1 fully saturated rings. The zero-order valence-corrected chi connectivity index (χ0v) is 14.2. The Hall–Kier alpha value is -1.13. The molecule has 1 aromatic heterocycles. The fourth-order valence-electron chi connectivity index (χ4n) is 2.95. The minimum Gasteiger partial charge on any atom is -0.354 e. The summed E-state index contributed by atoms with van der Waals surface area (Å²) < 4.78 is 0. The average molecular weight is 290 g/mol. The summed E-state index contributed by atoms with van der Waals surface area (Å²) in [4.78, 5) is 9.84. The van der Waals surface area contributed by atoms with Gasteiger partial charge in [0.2, 0.25) is 0 Å². The summed E-state index contributed by atoms with van der Waals surface area (Å²) in [5.41, 5.74) is 2.53. The maximum Gasteiger partial charge on any atom is 0.129 e. The smallest absolute Gasteiger partial charge is 0.129 e. The second kappa shape index (κ2) is 7.23. The number of nitrogens with one attached hydrogen (secondary N) is 1. The monoisotopic (exact) mass is 290 g/mol. The molecule has 118 valence electrons. The van der Waals surface area contributed by atoms with E-state index in [0.29, 0.717) is 12.0 Å². The third-order valence-corrected chi connectivity index (χ3v) is 4.44. The zero-order chi connectivity index (χ0) is 15.4. The molecule has 2 rings (SSSR count). The fourth-order valence-corrected chi connectivity index (χ4v) is 2.95. The van der Waals surface area contributed by atoms with Gasteiger partial charge in [-0.3, -0.25) is 4.90 Å². The Morgan fingerprint density at radius 2 is 2.10 bits per heavy atom. The van der Waals surface area contributed by atoms with Crippen LogP contribution in [0.5, 0.6) is 0 Å². The van der Waals surface area contributed by atoms with Crippen LogP contribution in [0, 0.1) is 0 Å². The van der Waals surface area contributed by atoms with Crippen LogP contribution >= 0.6 is 0 Å². The first-order valence-electron chi connectivity index (χ1n) is 8.15. The molecule has 0 aromatic carbocycles. The number of nitrogens with zero attached hydrogens (tertiary/aromatic N) is 3. The molecule has 1 unspecified atom stereocenters. The van der Waals surface area contributed by atoms with Crippen molar-refractivity contribution in [3.05, 3.63) is 23.4 Å². The number of pyridine rings is 1. The highest BCUT2D eigenvalue weighted by atomic mass is 15.3. The van der Waals surface area contributed by atoms with Crippen LogP contribution in [0.2, 0.25) is 0 Å². The van der Waals surface area contributed by atoms with E-state index in [2.05, 4.69) is 55.1 Å². The highest BCUT2D eigenvalue weighted by molar-refractivity contribution is 5.44. The lowest BCUT2D eigenvalue weighted by Gasteiger charge is -2.40. The summed E-state index contributed by atoms with van der Waals surface area (Å²) in [5, 5.41) is 3.25. The predicted octanol–water partition coefficient (Wildman–Crippen LogP) is 2.45. The summed E-state index contributed by atoms with van der Waals surface area (Å²) >= 11 is 0. The first-order valence-corrected chi connectivity index (χ1v) is 8.15. The molecular weight excluding hydrogens is 260 g/mol. The molecule has 1 N–H and O–H groups in total. The van der Waals surface area contributed by atoms with Crippen LogP contribution in [-0.2, 0) is 6.54 Å². The number of hydrogen-bond acceptors (Lipinski definition) is 4. The molecule has 1 aliphatic heterocycles. The second-order valence-electron chi connectivity index (χ2n) is 6.43. The van der Waals surface area contributed by atoms with Crippen LogP contribution in [0.1, 0.15) is 44.4 Å². The lowest BCUT2D eigenvalue weighted by Crippen LogP contribution is -2.51. The molecule has 4 heteroatoms. The first kappa shape index (κ1) is 16.2. The Balaban J connectivity index is 2.25. The molecule has 4 nitrogen and oxygen atoms in total. The lowest BCUT2D eigenvalue weighted by atomic mass is 10.1. The minimum atomic E-state index is 0.468. The van der Waals surface area contributed by atoms with Crippen LogP contribution in [0.4, 0.5) is 5.82 Å². The van der Waals surface area contributed by atoms with Gasteiger partial charge in [-0.1, -0.05) is 20.8 Å². The van der Waals surface area contributed by atoms with E-state index < -0.39 is 0 Å². The molecule has 1 aromatic rings. The zero-order valence-electron chi connectivity index (χ0n) is 14.2. The third kappa shape index (κ3) is 3.95. The van der Waals surface area contributed by atoms with E-state index in [-0.39, 0.29) is 0 Å². The summed E-state index contributed by atoms with van der Waals surface area (Å²) in [6, 6.07) is 5.12. The van der Waals surface area contributed by atoms with E-state index in [1.54, 1.807) is 0 Å². The van der Waals surface area contributed by atoms with Gasteiger partial charge in [0.05, 0.1) is 0 Å². The summed E-state index contributed by atoms with van der Waals surface area (Å²) in [6.07, 6.45) is 1.19. The van der Waals surface area contributed by atoms with Gasteiger partial charge in [0.25, 0.3) is 0 Å². The lowest BCUT2D eigenvalue weighted by molar-refractivity contribution is 0.213. The van der Waals surface area contributed by atoms with Crippen molar-refractivity contribution in [2.75, 3.05) is 38.6 Å². The number of likely N-dealkylation sites (N-methyl/N-ethyl adjacent to an activating group) is 1. The Morgan fingerprint density at radius 1 is 1.33 bits per heavy atom. The van der Waals surface area contributed by atoms with Crippen molar-refractivity contribution in [1.29, 1.82) is 0 Å². The maximum atomic E-state index is 4.91. The number of anilines is 1. The second-order valence-corrected chi connectivity index (χ2v) is 6.43. The number of aromatic nitrogens is 1. The highest BCUT2D eigenvalue weighted by Gasteiger charge is 2.24. The fraction of sp³-hybridized carbons (Fsp3) is 0.706. The van der Waals surface area contributed by atoms with Crippen molar-refractivity contribution in [3.8, 4) is 0 Å². The van der Waals surface area contributed by atoms with Gasteiger partial charge in [0.1, 0.15) is 5.82 Å². The summed E-state index contributed by atoms with van der Waals surface area (Å²) in [7, 11) is 4.23. The van der Waals surface area contributed by atoms with Gasteiger partial charge in [-0.05, 0) is 44.1 Å². The van der Waals surface area contributed by atoms with Crippen molar-refractivity contribution in [3.63, 3.8) is 0 Å². The van der Waals surface area contributed by atoms with Gasteiger partial charge in [0, 0.05) is 37.9 Å². The van der Waals surface area contributed by atoms with Crippen molar-refractivity contribution in [1.82, 2.24) is 15.2 Å². The summed E-state index contributed by atoms with van der Waals surface area (Å²) in [6.45, 7) is 10.9.